The Hall–Kier alpha value is -1.22. The molecule has 0 heterocycles. The van der Waals surface area contributed by atoms with Crippen LogP contribution in [0.5, 0.6) is 5.75 Å². The van der Waals surface area contributed by atoms with Gasteiger partial charge in [0.25, 0.3) is 0 Å². The molecule has 0 saturated carbocycles. The number of nitrogens with two attached hydrogens (primary N) is 1. The zero-order valence-electron chi connectivity index (χ0n) is 10.4. The highest BCUT2D eigenvalue weighted by molar-refractivity contribution is 6.32. The Labute approximate surface area is 123 Å². The van der Waals surface area contributed by atoms with Crippen LogP contribution in [0.25, 0.3) is 0 Å². The third kappa shape index (κ3) is 3.63. The maximum absolute atomic E-state index is 6.17. The molecule has 0 saturated heterocycles. The molecule has 2 rings (SSSR count). The first-order valence-corrected chi connectivity index (χ1v) is 6.81. The number of hydrogen-bond acceptors (Lipinski definition) is 2. The summed E-state index contributed by atoms with van der Waals surface area (Å²) in [4.78, 5) is 0. The molecule has 0 aliphatic heterocycles. The molecule has 0 fully saturated rings. The van der Waals surface area contributed by atoms with Gasteiger partial charge >= 0.3 is 0 Å². The lowest BCUT2D eigenvalue weighted by atomic mass is 10.1. The van der Waals surface area contributed by atoms with Gasteiger partial charge in [-0.15, -0.1) is 0 Å². The molecule has 2 N–H and O–H groups in total. The molecule has 0 unspecified atom stereocenters. The minimum Gasteiger partial charge on any atom is -0.487 e. The minimum atomic E-state index is 0.390. The zero-order valence-corrected chi connectivity index (χ0v) is 11.9. The topological polar surface area (TPSA) is 35.2 Å². The summed E-state index contributed by atoms with van der Waals surface area (Å²) in [6.45, 7) is 0.948. The summed E-state index contributed by atoms with van der Waals surface area (Å²) in [5, 5.41) is 1.29. The van der Waals surface area contributed by atoms with Crippen molar-refractivity contribution in [2.45, 2.75) is 13.0 Å². The van der Waals surface area contributed by atoms with Crippen LogP contribution in [-0.4, -0.2) is 6.54 Å². The third-order valence-corrected chi connectivity index (χ3v) is 3.46. The standard InChI is InChI=1S/C15H15Cl2NO/c16-13-6-2-1-4-12(13)10-19-15-11(8-9-18)5-3-7-14(15)17/h1-7H,8-10,18H2. The molecule has 0 aromatic heterocycles. The number of hydrogen-bond donors (Lipinski definition) is 1. The average molecular weight is 296 g/mol. The van der Waals surface area contributed by atoms with Gasteiger partial charge in [0.1, 0.15) is 12.4 Å². The van der Waals surface area contributed by atoms with Crippen molar-refractivity contribution >= 4 is 23.2 Å². The van der Waals surface area contributed by atoms with Crippen molar-refractivity contribution in [2.75, 3.05) is 6.54 Å². The summed E-state index contributed by atoms with van der Waals surface area (Å²) in [6, 6.07) is 13.3. The van der Waals surface area contributed by atoms with Crippen LogP contribution in [0, 0.1) is 0 Å². The summed E-state index contributed by atoms with van der Waals surface area (Å²) < 4.78 is 5.82. The Balaban J connectivity index is 2.17. The van der Waals surface area contributed by atoms with E-state index in [0.717, 1.165) is 17.5 Å². The summed E-state index contributed by atoms with van der Waals surface area (Å²) in [5.74, 6) is 0.689. The molecular weight excluding hydrogens is 281 g/mol. The average Bonchev–Trinajstić information content (AvgIpc) is 2.40. The van der Waals surface area contributed by atoms with Crippen molar-refractivity contribution in [1.82, 2.24) is 0 Å². The predicted octanol–water partition coefficient (Wildman–Crippen LogP) is 4.07. The molecule has 0 aliphatic carbocycles. The van der Waals surface area contributed by atoms with Crippen molar-refractivity contribution in [1.29, 1.82) is 0 Å². The van der Waals surface area contributed by atoms with Gasteiger partial charge in [-0.2, -0.15) is 0 Å². The van der Waals surface area contributed by atoms with Gasteiger partial charge < -0.3 is 10.5 Å². The lowest BCUT2D eigenvalue weighted by Gasteiger charge is -2.13. The number of benzene rings is 2. The van der Waals surface area contributed by atoms with Crippen LogP contribution in [0.15, 0.2) is 42.5 Å². The van der Waals surface area contributed by atoms with E-state index in [2.05, 4.69) is 0 Å². The lowest BCUT2D eigenvalue weighted by molar-refractivity contribution is 0.303. The lowest BCUT2D eigenvalue weighted by Crippen LogP contribution is -2.06. The number of para-hydroxylation sites is 1. The number of rotatable bonds is 5. The smallest absolute Gasteiger partial charge is 0.141 e. The van der Waals surface area contributed by atoms with Crippen molar-refractivity contribution in [2.24, 2.45) is 5.73 Å². The maximum atomic E-state index is 6.17. The monoisotopic (exact) mass is 295 g/mol. The van der Waals surface area contributed by atoms with Gasteiger partial charge in [-0.25, -0.2) is 0 Å². The van der Waals surface area contributed by atoms with E-state index >= 15 is 0 Å². The molecule has 2 aromatic rings. The number of halogens is 2. The summed E-state index contributed by atoms with van der Waals surface area (Å²) in [7, 11) is 0. The summed E-state index contributed by atoms with van der Waals surface area (Å²) in [6.07, 6.45) is 0.735. The second kappa shape index (κ2) is 6.80. The zero-order chi connectivity index (χ0) is 13.7. The molecule has 2 aromatic carbocycles. The molecule has 0 aliphatic rings. The van der Waals surface area contributed by atoms with Crippen molar-refractivity contribution in [3.8, 4) is 5.75 Å². The van der Waals surface area contributed by atoms with Gasteiger partial charge in [0.05, 0.1) is 5.02 Å². The summed E-state index contributed by atoms with van der Waals surface area (Å²) >= 11 is 12.3. The third-order valence-electron chi connectivity index (χ3n) is 2.79. The van der Waals surface area contributed by atoms with Crippen LogP contribution in [0.3, 0.4) is 0 Å². The van der Waals surface area contributed by atoms with Gasteiger partial charge in [-0.3, -0.25) is 0 Å². The van der Waals surface area contributed by atoms with E-state index in [1.807, 2.05) is 42.5 Å². The van der Waals surface area contributed by atoms with Gasteiger partial charge in [0.2, 0.25) is 0 Å². The largest absolute Gasteiger partial charge is 0.487 e. The second-order valence-electron chi connectivity index (χ2n) is 4.15. The van der Waals surface area contributed by atoms with Crippen LogP contribution in [0.2, 0.25) is 10.0 Å². The van der Waals surface area contributed by atoms with Gasteiger partial charge in [-0.05, 0) is 30.7 Å². The molecule has 0 spiro atoms. The Morgan fingerprint density at radius 2 is 1.58 bits per heavy atom. The predicted molar refractivity (Wildman–Crippen MR) is 80.0 cm³/mol. The molecule has 0 radical (unpaired) electrons. The van der Waals surface area contributed by atoms with E-state index in [0.29, 0.717) is 28.9 Å². The normalized spacial score (nSPS) is 10.5. The highest BCUT2D eigenvalue weighted by atomic mass is 35.5. The quantitative estimate of drug-likeness (QED) is 0.902. The highest BCUT2D eigenvalue weighted by Gasteiger charge is 2.09. The van der Waals surface area contributed by atoms with Gasteiger partial charge in [-0.1, -0.05) is 53.5 Å². The van der Waals surface area contributed by atoms with E-state index in [9.17, 15) is 0 Å². The van der Waals surface area contributed by atoms with Crippen LogP contribution in [0.4, 0.5) is 0 Å². The van der Waals surface area contributed by atoms with Crippen LogP contribution >= 0.6 is 23.2 Å². The molecule has 19 heavy (non-hydrogen) atoms. The maximum Gasteiger partial charge on any atom is 0.141 e. The number of ether oxygens (including phenoxy) is 1. The van der Waals surface area contributed by atoms with Gasteiger partial charge in [0.15, 0.2) is 0 Å². The first-order chi connectivity index (χ1) is 9.22. The molecule has 0 atom stereocenters. The van der Waals surface area contributed by atoms with Crippen LogP contribution < -0.4 is 10.5 Å². The SMILES string of the molecule is NCCc1cccc(Cl)c1OCc1ccccc1Cl. The van der Waals surface area contributed by atoms with E-state index in [1.165, 1.54) is 0 Å². The minimum absolute atomic E-state index is 0.390. The fourth-order valence-corrected chi connectivity index (χ4v) is 2.27. The van der Waals surface area contributed by atoms with E-state index < -0.39 is 0 Å². The Bertz CT molecular complexity index is 558. The van der Waals surface area contributed by atoms with Gasteiger partial charge in [0, 0.05) is 10.6 Å². The Morgan fingerprint density at radius 1 is 0.895 bits per heavy atom. The summed E-state index contributed by atoms with van der Waals surface area (Å²) in [5.41, 5.74) is 7.54. The highest BCUT2D eigenvalue weighted by Crippen LogP contribution is 2.30. The fraction of sp³-hybridized carbons (Fsp3) is 0.200. The van der Waals surface area contributed by atoms with E-state index in [4.69, 9.17) is 33.7 Å². The molecule has 0 amide bonds. The van der Waals surface area contributed by atoms with Crippen LogP contribution in [-0.2, 0) is 13.0 Å². The molecule has 0 bridgehead atoms. The fourth-order valence-electron chi connectivity index (χ4n) is 1.83. The molecular formula is C15H15Cl2NO. The van der Waals surface area contributed by atoms with Crippen molar-refractivity contribution < 1.29 is 4.74 Å². The molecule has 100 valence electrons. The van der Waals surface area contributed by atoms with Crippen LogP contribution in [0.1, 0.15) is 11.1 Å². The first kappa shape index (κ1) is 14.2. The van der Waals surface area contributed by atoms with E-state index in [1.54, 1.807) is 0 Å². The molecule has 2 nitrogen and oxygen atoms in total. The Kier molecular flexibility index (Phi) is 5.08. The second-order valence-corrected chi connectivity index (χ2v) is 4.96. The first-order valence-electron chi connectivity index (χ1n) is 6.06. The van der Waals surface area contributed by atoms with E-state index in [-0.39, 0.29) is 0 Å². The van der Waals surface area contributed by atoms with Crippen molar-refractivity contribution in [3.05, 3.63) is 63.6 Å². The van der Waals surface area contributed by atoms with Crippen molar-refractivity contribution in [3.63, 3.8) is 0 Å². The molecule has 4 heteroatoms. The Morgan fingerprint density at radius 3 is 2.32 bits per heavy atom.